The summed E-state index contributed by atoms with van der Waals surface area (Å²) in [5.41, 5.74) is 0. The van der Waals surface area contributed by atoms with Crippen molar-refractivity contribution in [3.8, 4) is 5.75 Å². The van der Waals surface area contributed by atoms with Gasteiger partial charge in [0.15, 0.2) is 6.29 Å². The molecule has 0 spiro atoms. The Morgan fingerprint density at radius 1 is 0.704 bits per heavy atom. The Labute approximate surface area is 173 Å². The molecule has 1 atom stereocenters. The van der Waals surface area contributed by atoms with Crippen LogP contribution in [0.2, 0.25) is 10.6 Å². The van der Waals surface area contributed by atoms with Crippen molar-refractivity contribution in [2.24, 2.45) is 0 Å². The van der Waals surface area contributed by atoms with Gasteiger partial charge >= 0.3 is 14.5 Å². The van der Waals surface area contributed by atoms with Crippen molar-refractivity contribution in [3.63, 3.8) is 0 Å². The van der Waals surface area contributed by atoms with Crippen LogP contribution in [0.5, 0.6) is 5.75 Å². The first-order chi connectivity index (χ1) is 13.3. The second kappa shape index (κ2) is 17.6. The molecular weight excluding hydrogens is 347 g/mol. The molecule has 0 fully saturated rings. The van der Waals surface area contributed by atoms with Gasteiger partial charge < -0.3 is 8.53 Å². The normalized spacial score (nSPS) is 12.1. The predicted molar refractivity (Wildman–Crippen MR) is 120 cm³/mol. The standard InChI is InChI=1S/C8H9O2.2C8H17.Al/c1-7(9)10-8-5-3-2-4-6-8;2*1-3-5-7-8-6-4-2;/h2-7H,1H3;2*1,3-8H2,2H3;/q-1;;;+1. The van der Waals surface area contributed by atoms with Crippen LogP contribution in [-0.2, 0) is 3.79 Å². The number of hydrogen-bond donors (Lipinski definition) is 0. The third kappa shape index (κ3) is 14.2. The number of para-hydroxylation sites is 1. The van der Waals surface area contributed by atoms with E-state index < -0.39 is 14.5 Å². The van der Waals surface area contributed by atoms with Crippen molar-refractivity contribution in [2.75, 3.05) is 0 Å². The summed E-state index contributed by atoms with van der Waals surface area (Å²) >= 11 is -1.18. The molecule has 1 aromatic rings. The van der Waals surface area contributed by atoms with Crippen LogP contribution in [0.3, 0.4) is 0 Å². The van der Waals surface area contributed by atoms with Crippen molar-refractivity contribution in [3.05, 3.63) is 30.3 Å². The minimum absolute atomic E-state index is 0.121. The lowest BCUT2D eigenvalue weighted by Crippen LogP contribution is -2.27. The van der Waals surface area contributed by atoms with Crippen LogP contribution in [0.15, 0.2) is 30.3 Å². The average Bonchev–Trinajstić information content (AvgIpc) is 2.67. The molecule has 0 aliphatic heterocycles. The second-order valence-corrected chi connectivity index (χ2v) is 10.5. The van der Waals surface area contributed by atoms with E-state index in [1.165, 1.54) is 87.6 Å². The molecule has 0 N–H and O–H groups in total. The van der Waals surface area contributed by atoms with E-state index in [0.29, 0.717) is 0 Å². The molecule has 1 rings (SSSR count). The first kappa shape index (κ1) is 24.6. The average molecular weight is 391 g/mol. The van der Waals surface area contributed by atoms with E-state index in [1.54, 1.807) is 0 Å². The molecule has 1 unspecified atom stereocenters. The first-order valence-electron chi connectivity index (χ1n) is 11.6. The van der Waals surface area contributed by atoms with Crippen molar-refractivity contribution >= 4 is 14.5 Å². The van der Waals surface area contributed by atoms with Gasteiger partial charge in [-0.25, -0.2) is 0 Å². The Hall–Kier alpha value is -0.488. The van der Waals surface area contributed by atoms with Crippen molar-refractivity contribution in [1.29, 1.82) is 0 Å². The summed E-state index contributed by atoms with van der Waals surface area (Å²) in [7, 11) is 0. The van der Waals surface area contributed by atoms with Crippen LogP contribution in [0.1, 0.15) is 97.8 Å². The first-order valence-corrected chi connectivity index (χ1v) is 13.7. The van der Waals surface area contributed by atoms with E-state index in [4.69, 9.17) is 8.53 Å². The molecular formula is C24H43AlO2. The zero-order chi connectivity index (χ0) is 19.6. The third-order valence-electron chi connectivity index (χ3n) is 5.19. The maximum Gasteiger partial charge on any atom is 0.463 e. The fourth-order valence-corrected chi connectivity index (χ4v) is 6.22. The van der Waals surface area contributed by atoms with Gasteiger partial charge in [0.05, 0.1) is 0 Å². The van der Waals surface area contributed by atoms with Crippen LogP contribution >= 0.6 is 0 Å². The molecule has 2 nitrogen and oxygen atoms in total. The fourth-order valence-electron chi connectivity index (χ4n) is 3.57. The lowest BCUT2D eigenvalue weighted by molar-refractivity contribution is 0.0187. The Balaban J connectivity index is 2.31. The monoisotopic (exact) mass is 390 g/mol. The zero-order valence-corrected chi connectivity index (χ0v) is 19.4. The molecule has 0 heterocycles. The molecule has 0 saturated carbocycles. The van der Waals surface area contributed by atoms with Gasteiger partial charge in [-0.2, -0.15) is 0 Å². The Morgan fingerprint density at radius 2 is 1.19 bits per heavy atom. The zero-order valence-electron chi connectivity index (χ0n) is 18.3. The van der Waals surface area contributed by atoms with Gasteiger partial charge in [-0.15, -0.1) is 0 Å². The topological polar surface area (TPSA) is 18.5 Å². The summed E-state index contributed by atoms with van der Waals surface area (Å²) in [6, 6.07) is 10.1. The lowest BCUT2D eigenvalue weighted by atomic mass is 10.1. The molecule has 0 amide bonds. The van der Waals surface area contributed by atoms with E-state index in [2.05, 4.69) is 20.8 Å². The van der Waals surface area contributed by atoms with Crippen molar-refractivity contribution < 1.29 is 8.53 Å². The highest BCUT2D eigenvalue weighted by Crippen LogP contribution is 2.19. The van der Waals surface area contributed by atoms with Crippen LogP contribution in [0, 0.1) is 0 Å². The molecule has 0 aliphatic carbocycles. The highest BCUT2D eigenvalue weighted by Gasteiger charge is 2.23. The molecule has 0 aromatic heterocycles. The van der Waals surface area contributed by atoms with E-state index in [-0.39, 0.29) is 6.29 Å². The SMILES string of the molecule is CCCCCCC[CH2][Al]([CH2]CCCCCCC)[O]C(C)Oc1ccccc1. The number of hydrogen-bond acceptors (Lipinski definition) is 2. The summed E-state index contributed by atoms with van der Waals surface area (Å²) in [6.45, 7) is 6.63. The number of unbranched alkanes of at least 4 members (excludes halogenated alkanes) is 10. The van der Waals surface area contributed by atoms with E-state index in [9.17, 15) is 0 Å². The Bertz CT molecular complexity index is 408. The van der Waals surface area contributed by atoms with Gasteiger partial charge in [0.1, 0.15) is 5.75 Å². The predicted octanol–water partition coefficient (Wildman–Crippen LogP) is 8.14. The lowest BCUT2D eigenvalue weighted by Gasteiger charge is -2.21. The molecule has 0 aliphatic rings. The van der Waals surface area contributed by atoms with Gasteiger partial charge in [-0.3, -0.25) is 0 Å². The minimum atomic E-state index is -1.18. The summed E-state index contributed by atoms with van der Waals surface area (Å²) < 4.78 is 12.4. The summed E-state index contributed by atoms with van der Waals surface area (Å²) in [5, 5.41) is 2.62. The van der Waals surface area contributed by atoms with Gasteiger partial charge in [-0.1, -0.05) is 120 Å². The second-order valence-electron chi connectivity index (χ2n) is 7.87. The molecule has 1 aromatic carbocycles. The summed E-state index contributed by atoms with van der Waals surface area (Å²) in [5.74, 6) is 0.914. The largest absolute Gasteiger partial charge is 0.469 e. The number of benzene rings is 1. The van der Waals surface area contributed by atoms with Gasteiger partial charge in [0.25, 0.3) is 0 Å². The molecule has 0 saturated heterocycles. The van der Waals surface area contributed by atoms with Gasteiger partial charge in [0.2, 0.25) is 0 Å². The smallest absolute Gasteiger partial charge is 0.463 e. The maximum absolute atomic E-state index is 6.43. The van der Waals surface area contributed by atoms with E-state index in [0.717, 1.165) is 5.75 Å². The van der Waals surface area contributed by atoms with Crippen molar-refractivity contribution in [1.82, 2.24) is 0 Å². The molecule has 0 bridgehead atoms. The van der Waals surface area contributed by atoms with Gasteiger partial charge in [-0.05, 0) is 19.1 Å². The quantitative estimate of drug-likeness (QED) is 0.143. The number of ether oxygens (including phenoxy) is 1. The maximum atomic E-state index is 6.43. The van der Waals surface area contributed by atoms with E-state index >= 15 is 0 Å². The highest BCUT2D eigenvalue weighted by atomic mass is 27.2. The van der Waals surface area contributed by atoms with Crippen LogP contribution in [0.4, 0.5) is 0 Å². The van der Waals surface area contributed by atoms with Crippen LogP contribution < -0.4 is 4.74 Å². The van der Waals surface area contributed by atoms with E-state index in [1.807, 2.05) is 30.3 Å². The van der Waals surface area contributed by atoms with Crippen molar-refractivity contribution in [2.45, 2.75) is 115 Å². The van der Waals surface area contributed by atoms with Crippen LogP contribution in [0.25, 0.3) is 0 Å². The molecule has 27 heavy (non-hydrogen) atoms. The third-order valence-corrected chi connectivity index (χ3v) is 8.06. The van der Waals surface area contributed by atoms with Crippen LogP contribution in [-0.4, -0.2) is 20.8 Å². The minimum Gasteiger partial charge on any atom is -0.469 e. The summed E-state index contributed by atoms with van der Waals surface area (Å²) in [4.78, 5) is 0. The Kier molecular flexibility index (Phi) is 16.0. The number of rotatable bonds is 18. The fraction of sp³-hybridized carbons (Fsp3) is 0.750. The highest BCUT2D eigenvalue weighted by molar-refractivity contribution is 6.51. The molecule has 3 heteroatoms. The summed E-state index contributed by atoms with van der Waals surface area (Å²) in [6.07, 6.45) is 16.3. The molecule has 0 radical (unpaired) electrons. The Morgan fingerprint density at radius 3 is 1.70 bits per heavy atom. The van der Waals surface area contributed by atoms with Gasteiger partial charge in [0, 0.05) is 0 Å². The molecule has 154 valence electrons.